The first-order valence-corrected chi connectivity index (χ1v) is 11.0. The maximum atomic E-state index is 12.9. The summed E-state index contributed by atoms with van der Waals surface area (Å²) in [4.78, 5) is 9.09. The number of nitrogens with one attached hydrogen (secondary N) is 2. The average molecular weight is 464 g/mol. The first kappa shape index (κ1) is 23.1. The van der Waals surface area contributed by atoms with E-state index < -0.39 is 12.4 Å². The van der Waals surface area contributed by atoms with Crippen molar-refractivity contribution in [1.29, 1.82) is 0 Å². The maximum Gasteiger partial charge on any atom is 0.573 e. The van der Waals surface area contributed by atoms with Crippen LogP contribution in [-0.4, -0.2) is 45.1 Å². The zero-order valence-corrected chi connectivity index (χ0v) is 18.7. The van der Waals surface area contributed by atoms with Gasteiger partial charge in [0.1, 0.15) is 11.9 Å². The first-order chi connectivity index (χ1) is 15.7. The summed E-state index contributed by atoms with van der Waals surface area (Å²) in [5.74, 6) is 0.205. The molecule has 4 rings (SSSR count). The molecule has 1 unspecified atom stereocenters. The molecule has 8 nitrogen and oxygen atoms in total. The molecule has 0 radical (unpaired) electrons. The fourth-order valence-electron chi connectivity index (χ4n) is 3.83. The molecule has 3 aromatic rings. The monoisotopic (exact) mass is 464 g/mol. The molecule has 1 aliphatic heterocycles. The molecule has 0 bridgehead atoms. The fourth-order valence-corrected chi connectivity index (χ4v) is 3.83. The highest BCUT2D eigenvalue weighted by Crippen LogP contribution is 2.32. The Morgan fingerprint density at radius 2 is 1.94 bits per heavy atom. The molecule has 3 heterocycles. The molecule has 2 atom stereocenters. The summed E-state index contributed by atoms with van der Waals surface area (Å²) in [7, 11) is 0. The standard InChI is InChI=1S/C22H27F3N6O2/c1-13(2)17-12-27-31-19(17)29-21(32-15-7-6-10-26-11-15)30-20(31)28-14(3)16-8-4-5-9-18(16)33-22(23,24)25/h4-5,8-9,12-15,26H,6-7,10-11H2,1-3H3,(H,28,29,30)/t14-,15?/m0/s1. The number of fused-ring (bicyclic) bond motifs is 1. The second kappa shape index (κ2) is 9.42. The Labute approximate surface area is 189 Å². The highest BCUT2D eigenvalue weighted by atomic mass is 19.4. The van der Waals surface area contributed by atoms with Crippen molar-refractivity contribution < 1.29 is 22.6 Å². The molecule has 1 aliphatic rings. The van der Waals surface area contributed by atoms with Gasteiger partial charge in [0.25, 0.3) is 0 Å². The molecule has 0 amide bonds. The highest BCUT2D eigenvalue weighted by molar-refractivity contribution is 5.53. The zero-order chi connectivity index (χ0) is 23.6. The molecule has 1 fully saturated rings. The van der Waals surface area contributed by atoms with E-state index >= 15 is 0 Å². The summed E-state index contributed by atoms with van der Waals surface area (Å²) in [6.07, 6.45) is -1.25. The Kier molecular flexibility index (Phi) is 6.59. The quantitative estimate of drug-likeness (QED) is 0.534. The normalized spacial score (nSPS) is 17.8. The number of anilines is 1. The van der Waals surface area contributed by atoms with Crippen LogP contribution in [0.15, 0.2) is 30.5 Å². The second-order valence-corrected chi connectivity index (χ2v) is 8.36. The van der Waals surface area contributed by atoms with Crippen LogP contribution in [0.4, 0.5) is 19.1 Å². The van der Waals surface area contributed by atoms with E-state index in [9.17, 15) is 13.2 Å². The summed E-state index contributed by atoms with van der Waals surface area (Å²) < 4.78 is 50.4. The molecule has 1 saturated heterocycles. The highest BCUT2D eigenvalue weighted by Gasteiger charge is 2.32. The maximum absolute atomic E-state index is 12.9. The van der Waals surface area contributed by atoms with E-state index in [1.165, 1.54) is 12.1 Å². The van der Waals surface area contributed by atoms with Crippen LogP contribution < -0.4 is 20.1 Å². The third-order valence-electron chi connectivity index (χ3n) is 5.48. The van der Waals surface area contributed by atoms with Gasteiger partial charge in [0, 0.05) is 17.7 Å². The molecule has 11 heteroatoms. The number of hydrogen-bond donors (Lipinski definition) is 2. The lowest BCUT2D eigenvalue weighted by Gasteiger charge is -2.23. The Morgan fingerprint density at radius 1 is 1.15 bits per heavy atom. The van der Waals surface area contributed by atoms with Gasteiger partial charge in [-0.25, -0.2) is 0 Å². The van der Waals surface area contributed by atoms with Gasteiger partial charge in [0.05, 0.1) is 12.2 Å². The van der Waals surface area contributed by atoms with E-state index in [1.807, 2.05) is 13.8 Å². The molecule has 0 aliphatic carbocycles. The van der Waals surface area contributed by atoms with Gasteiger partial charge >= 0.3 is 12.4 Å². The van der Waals surface area contributed by atoms with Gasteiger partial charge in [-0.2, -0.15) is 19.6 Å². The van der Waals surface area contributed by atoms with E-state index in [0.717, 1.165) is 24.9 Å². The minimum Gasteiger partial charge on any atom is -0.459 e. The minimum atomic E-state index is -4.79. The lowest BCUT2D eigenvalue weighted by atomic mass is 10.1. The van der Waals surface area contributed by atoms with Crippen molar-refractivity contribution in [3.63, 3.8) is 0 Å². The van der Waals surface area contributed by atoms with Crippen LogP contribution in [0, 0.1) is 0 Å². The molecule has 2 aromatic heterocycles. The van der Waals surface area contributed by atoms with E-state index in [2.05, 4.69) is 30.4 Å². The fraction of sp³-hybridized carbons (Fsp3) is 0.500. The largest absolute Gasteiger partial charge is 0.573 e. The number of halogens is 3. The molecule has 0 spiro atoms. The summed E-state index contributed by atoms with van der Waals surface area (Å²) in [5, 5.41) is 10.9. The number of nitrogens with zero attached hydrogens (tertiary/aromatic N) is 4. The molecule has 0 saturated carbocycles. The van der Waals surface area contributed by atoms with Crippen molar-refractivity contribution >= 4 is 11.6 Å². The predicted molar refractivity (Wildman–Crippen MR) is 117 cm³/mol. The summed E-state index contributed by atoms with van der Waals surface area (Å²) >= 11 is 0. The van der Waals surface area contributed by atoms with Gasteiger partial charge < -0.3 is 20.1 Å². The Hall–Kier alpha value is -3.08. The van der Waals surface area contributed by atoms with Crippen molar-refractivity contribution in [2.45, 2.75) is 58.0 Å². The third kappa shape index (κ3) is 5.47. The molecule has 1 aromatic carbocycles. The van der Waals surface area contributed by atoms with Gasteiger partial charge in [-0.15, -0.1) is 13.2 Å². The summed E-state index contributed by atoms with van der Waals surface area (Å²) in [5.41, 5.74) is 1.84. The lowest BCUT2D eigenvalue weighted by Crippen LogP contribution is -2.37. The molecule has 178 valence electrons. The Morgan fingerprint density at radius 3 is 2.64 bits per heavy atom. The SMILES string of the molecule is CC(C)c1cnn2c(N[C@@H](C)c3ccccc3OC(F)(F)F)nc(OC3CCCNC3)nc12. The molecular weight excluding hydrogens is 437 g/mol. The Bertz CT molecular complexity index is 1100. The summed E-state index contributed by atoms with van der Waals surface area (Å²) in [6, 6.07) is 5.64. The van der Waals surface area contributed by atoms with Gasteiger partial charge in [0.15, 0.2) is 5.65 Å². The van der Waals surface area contributed by atoms with Gasteiger partial charge in [0.2, 0.25) is 5.95 Å². The van der Waals surface area contributed by atoms with Crippen LogP contribution in [0.25, 0.3) is 5.65 Å². The van der Waals surface area contributed by atoms with Gasteiger partial charge in [-0.05, 0) is 38.3 Å². The van der Waals surface area contributed by atoms with Gasteiger partial charge in [-0.1, -0.05) is 32.0 Å². The van der Waals surface area contributed by atoms with Crippen LogP contribution in [0.3, 0.4) is 0 Å². The van der Waals surface area contributed by atoms with E-state index in [4.69, 9.17) is 4.74 Å². The number of ether oxygens (including phenoxy) is 2. The summed E-state index contributed by atoms with van der Waals surface area (Å²) in [6.45, 7) is 7.44. The van der Waals surface area contributed by atoms with Crippen molar-refractivity contribution in [2.75, 3.05) is 18.4 Å². The lowest BCUT2D eigenvalue weighted by molar-refractivity contribution is -0.274. The Balaban J connectivity index is 1.68. The second-order valence-electron chi connectivity index (χ2n) is 8.36. The van der Waals surface area contributed by atoms with Crippen molar-refractivity contribution in [3.8, 4) is 11.8 Å². The van der Waals surface area contributed by atoms with Crippen LogP contribution in [0.1, 0.15) is 56.7 Å². The molecule has 2 N–H and O–H groups in total. The minimum absolute atomic E-state index is 0.0576. The van der Waals surface area contributed by atoms with E-state index in [-0.39, 0.29) is 23.8 Å². The van der Waals surface area contributed by atoms with Crippen LogP contribution in [0.2, 0.25) is 0 Å². The smallest absolute Gasteiger partial charge is 0.459 e. The van der Waals surface area contributed by atoms with Crippen molar-refractivity contribution in [3.05, 3.63) is 41.6 Å². The van der Waals surface area contributed by atoms with E-state index in [0.29, 0.717) is 23.7 Å². The van der Waals surface area contributed by atoms with Crippen molar-refractivity contribution in [2.24, 2.45) is 0 Å². The van der Waals surface area contributed by atoms with Crippen LogP contribution >= 0.6 is 0 Å². The zero-order valence-electron chi connectivity index (χ0n) is 18.7. The topological polar surface area (TPSA) is 85.6 Å². The number of rotatable bonds is 7. The van der Waals surface area contributed by atoms with Crippen molar-refractivity contribution in [1.82, 2.24) is 24.9 Å². The van der Waals surface area contributed by atoms with Crippen LogP contribution in [0.5, 0.6) is 11.8 Å². The van der Waals surface area contributed by atoms with Gasteiger partial charge in [-0.3, -0.25) is 0 Å². The molecule has 33 heavy (non-hydrogen) atoms. The number of benzene rings is 1. The average Bonchev–Trinajstić information content (AvgIpc) is 3.18. The third-order valence-corrected chi connectivity index (χ3v) is 5.48. The van der Waals surface area contributed by atoms with Crippen LogP contribution in [-0.2, 0) is 0 Å². The number of alkyl halides is 3. The molecular formula is C22H27F3N6O2. The predicted octanol–water partition coefficient (Wildman–Crippen LogP) is 4.45. The number of para-hydroxylation sites is 1. The number of aromatic nitrogens is 4. The van der Waals surface area contributed by atoms with E-state index in [1.54, 1.807) is 29.8 Å². The number of hydrogen-bond acceptors (Lipinski definition) is 7. The number of piperidine rings is 1. The first-order valence-electron chi connectivity index (χ1n) is 11.0.